The first-order chi connectivity index (χ1) is 7.79. The van der Waals surface area contributed by atoms with Crippen molar-refractivity contribution in [3.8, 4) is 5.75 Å². The zero-order valence-corrected chi connectivity index (χ0v) is 8.57. The highest BCUT2D eigenvalue weighted by Gasteiger charge is 2.08. The molecule has 0 amide bonds. The van der Waals surface area contributed by atoms with Gasteiger partial charge in [0.05, 0.1) is 17.6 Å². The maximum absolute atomic E-state index is 9.87. The van der Waals surface area contributed by atoms with Crippen LogP contribution in [0.15, 0.2) is 30.3 Å². The van der Waals surface area contributed by atoms with Crippen molar-refractivity contribution >= 4 is 21.8 Å². The molecular weight excluding hydrogens is 202 g/mol. The maximum atomic E-state index is 9.87. The number of H-pyrrole nitrogens is 1. The van der Waals surface area contributed by atoms with Crippen LogP contribution >= 0.6 is 0 Å². The molecule has 0 radical (unpaired) electrons. The molecule has 0 atom stereocenters. The minimum absolute atomic E-state index is 0.260. The normalized spacial score (nSPS) is 11.3. The lowest BCUT2D eigenvalue weighted by atomic mass is 10.1. The molecule has 0 saturated heterocycles. The zero-order valence-electron chi connectivity index (χ0n) is 8.57. The topological polar surface area (TPSA) is 74.9 Å². The van der Waals surface area contributed by atoms with Crippen molar-refractivity contribution in [2.24, 2.45) is 5.73 Å². The van der Waals surface area contributed by atoms with Crippen molar-refractivity contribution in [3.05, 3.63) is 36.2 Å². The van der Waals surface area contributed by atoms with Crippen LogP contribution in [0.4, 0.5) is 0 Å². The molecule has 0 unspecified atom stereocenters. The molecule has 0 saturated carbocycles. The number of hydrogen-bond donors (Lipinski definition) is 3. The monoisotopic (exact) mass is 213 g/mol. The number of aromatic nitrogens is 2. The van der Waals surface area contributed by atoms with Crippen LogP contribution in [0.5, 0.6) is 5.75 Å². The van der Waals surface area contributed by atoms with Gasteiger partial charge in [-0.25, -0.2) is 4.98 Å². The molecular formula is C12H11N3O. The van der Waals surface area contributed by atoms with Crippen LogP contribution in [0.25, 0.3) is 21.8 Å². The van der Waals surface area contributed by atoms with Crippen molar-refractivity contribution in [1.82, 2.24) is 9.97 Å². The van der Waals surface area contributed by atoms with Crippen molar-refractivity contribution < 1.29 is 5.11 Å². The molecule has 2 aromatic carbocycles. The lowest BCUT2D eigenvalue weighted by Crippen LogP contribution is -1.97. The van der Waals surface area contributed by atoms with Gasteiger partial charge in [0.2, 0.25) is 0 Å². The number of nitrogens with one attached hydrogen (secondary N) is 1. The number of benzene rings is 2. The summed E-state index contributed by atoms with van der Waals surface area (Å²) in [6, 6.07) is 9.33. The first-order valence-corrected chi connectivity index (χ1v) is 5.09. The molecule has 0 spiro atoms. The number of nitrogens with two attached hydrogens (primary N) is 1. The third-order valence-corrected chi connectivity index (χ3v) is 2.71. The quantitative estimate of drug-likeness (QED) is 0.577. The predicted octanol–water partition coefficient (Wildman–Crippen LogP) is 1.88. The van der Waals surface area contributed by atoms with Crippen molar-refractivity contribution in [1.29, 1.82) is 0 Å². The Kier molecular flexibility index (Phi) is 1.84. The number of rotatable bonds is 1. The molecule has 80 valence electrons. The van der Waals surface area contributed by atoms with Gasteiger partial charge in [-0.1, -0.05) is 24.3 Å². The fourth-order valence-electron chi connectivity index (χ4n) is 1.97. The Morgan fingerprint density at radius 2 is 2.00 bits per heavy atom. The summed E-state index contributed by atoms with van der Waals surface area (Å²) in [7, 11) is 0. The summed E-state index contributed by atoms with van der Waals surface area (Å²) >= 11 is 0. The molecule has 1 aromatic heterocycles. The van der Waals surface area contributed by atoms with E-state index >= 15 is 0 Å². The molecule has 0 aliphatic carbocycles. The van der Waals surface area contributed by atoms with Gasteiger partial charge in [0.1, 0.15) is 11.6 Å². The van der Waals surface area contributed by atoms with Crippen LogP contribution in [0.3, 0.4) is 0 Å². The molecule has 4 N–H and O–H groups in total. The second-order valence-electron chi connectivity index (χ2n) is 3.73. The summed E-state index contributed by atoms with van der Waals surface area (Å²) in [6.45, 7) is 0.365. The average molecular weight is 213 g/mol. The Balaban J connectivity index is 2.52. The number of phenolic OH excluding ortho intramolecular Hbond substituents is 1. The minimum Gasteiger partial charge on any atom is -0.507 e. The van der Waals surface area contributed by atoms with E-state index in [1.54, 1.807) is 6.07 Å². The number of phenols is 1. The number of fused-ring (bicyclic) bond motifs is 3. The van der Waals surface area contributed by atoms with Crippen LogP contribution in [0, 0.1) is 0 Å². The number of imidazole rings is 1. The van der Waals surface area contributed by atoms with Crippen molar-refractivity contribution in [3.63, 3.8) is 0 Å². The van der Waals surface area contributed by atoms with Crippen LogP contribution < -0.4 is 5.73 Å². The van der Waals surface area contributed by atoms with Crippen molar-refractivity contribution in [2.45, 2.75) is 6.54 Å². The molecule has 3 aromatic rings. The number of hydrogen-bond acceptors (Lipinski definition) is 3. The Morgan fingerprint density at radius 3 is 2.75 bits per heavy atom. The third-order valence-electron chi connectivity index (χ3n) is 2.71. The van der Waals surface area contributed by atoms with Gasteiger partial charge in [-0.15, -0.1) is 0 Å². The molecule has 0 aliphatic rings. The van der Waals surface area contributed by atoms with Gasteiger partial charge in [-0.05, 0) is 0 Å². The van der Waals surface area contributed by atoms with Crippen LogP contribution in [0.1, 0.15) is 5.82 Å². The smallest absolute Gasteiger partial charge is 0.125 e. The minimum atomic E-state index is 0.260. The summed E-state index contributed by atoms with van der Waals surface area (Å²) in [5.74, 6) is 0.987. The number of nitrogens with zero attached hydrogens (tertiary/aromatic N) is 1. The predicted molar refractivity (Wildman–Crippen MR) is 63.2 cm³/mol. The lowest BCUT2D eigenvalue weighted by Gasteiger charge is -2.00. The van der Waals surface area contributed by atoms with Crippen LogP contribution in [0.2, 0.25) is 0 Å². The molecule has 3 rings (SSSR count). The number of aromatic hydroxyl groups is 1. The van der Waals surface area contributed by atoms with E-state index in [1.165, 1.54) is 0 Å². The summed E-state index contributed by atoms with van der Waals surface area (Å²) in [6.07, 6.45) is 0. The van der Waals surface area contributed by atoms with Crippen LogP contribution in [-0.2, 0) is 6.54 Å². The van der Waals surface area contributed by atoms with E-state index in [4.69, 9.17) is 5.73 Å². The first kappa shape index (κ1) is 9.18. The fraction of sp³-hybridized carbons (Fsp3) is 0.0833. The Morgan fingerprint density at radius 1 is 1.25 bits per heavy atom. The second kappa shape index (κ2) is 3.21. The van der Waals surface area contributed by atoms with Gasteiger partial charge in [-0.3, -0.25) is 0 Å². The summed E-state index contributed by atoms with van der Waals surface area (Å²) in [4.78, 5) is 7.49. The van der Waals surface area contributed by atoms with E-state index in [-0.39, 0.29) is 5.75 Å². The van der Waals surface area contributed by atoms with E-state index < -0.39 is 0 Å². The highest BCUT2D eigenvalue weighted by Crippen LogP contribution is 2.31. The van der Waals surface area contributed by atoms with E-state index in [1.807, 2.05) is 24.3 Å². The Labute approximate surface area is 91.7 Å². The van der Waals surface area contributed by atoms with Gasteiger partial charge in [0.15, 0.2) is 0 Å². The average Bonchev–Trinajstić information content (AvgIpc) is 2.72. The van der Waals surface area contributed by atoms with E-state index in [0.29, 0.717) is 6.54 Å². The van der Waals surface area contributed by atoms with Gasteiger partial charge >= 0.3 is 0 Å². The number of aromatic amines is 1. The summed E-state index contributed by atoms with van der Waals surface area (Å²) in [5.41, 5.74) is 7.21. The first-order valence-electron chi connectivity index (χ1n) is 5.09. The molecule has 16 heavy (non-hydrogen) atoms. The Bertz CT molecular complexity index is 672. The van der Waals surface area contributed by atoms with Gasteiger partial charge in [-0.2, -0.15) is 0 Å². The SMILES string of the molecule is NCc1nc2c(cc(O)c3ccccc32)[nH]1. The fourth-order valence-corrected chi connectivity index (χ4v) is 1.97. The summed E-state index contributed by atoms with van der Waals surface area (Å²) < 4.78 is 0. The maximum Gasteiger partial charge on any atom is 0.125 e. The van der Waals surface area contributed by atoms with E-state index in [0.717, 1.165) is 27.6 Å². The molecule has 0 aliphatic heterocycles. The van der Waals surface area contributed by atoms with Gasteiger partial charge in [0.25, 0.3) is 0 Å². The molecule has 4 heteroatoms. The largest absolute Gasteiger partial charge is 0.507 e. The van der Waals surface area contributed by atoms with E-state index in [2.05, 4.69) is 9.97 Å². The van der Waals surface area contributed by atoms with Crippen molar-refractivity contribution in [2.75, 3.05) is 0 Å². The van der Waals surface area contributed by atoms with E-state index in [9.17, 15) is 5.11 Å². The molecule has 4 nitrogen and oxygen atoms in total. The van der Waals surface area contributed by atoms with Gasteiger partial charge in [0, 0.05) is 16.8 Å². The molecule has 1 heterocycles. The zero-order chi connectivity index (χ0) is 11.1. The standard InChI is InChI=1S/C12H11N3O/c13-6-11-14-9-5-10(16)7-3-1-2-4-8(7)12(9)15-11/h1-5,16H,6,13H2,(H,14,15). The lowest BCUT2D eigenvalue weighted by molar-refractivity contribution is 0.482. The summed E-state index contributed by atoms with van der Waals surface area (Å²) in [5, 5.41) is 11.6. The van der Waals surface area contributed by atoms with Crippen LogP contribution in [-0.4, -0.2) is 15.1 Å². The highest BCUT2D eigenvalue weighted by atomic mass is 16.3. The highest BCUT2D eigenvalue weighted by molar-refractivity contribution is 6.07. The third kappa shape index (κ3) is 1.17. The Hall–Kier alpha value is -2.07. The molecule has 0 fully saturated rings. The van der Waals surface area contributed by atoms with Gasteiger partial charge < -0.3 is 15.8 Å². The second-order valence-corrected chi connectivity index (χ2v) is 3.73. The molecule has 0 bridgehead atoms.